The third-order valence-corrected chi connectivity index (χ3v) is 3.31. The molecule has 0 amide bonds. The van der Waals surface area contributed by atoms with Crippen LogP contribution in [0, 0.1) is 5.92 Å². The van der Waals surface area contributed by atoms with Crippen LogP contribution in [0.2, 0.25) is 0 Å². The first-order chi connectivity index (χ1) is 8.63. The molecule has 0 spiro atoms. The van der Waals surface area contributed by atoms with Gasteiger partial charge in [-0.2, -0.15) is 0 Å². The molecule has 3 nitrogen and oxygen atoms in total. The van der Waals surface area contributed by atoms with Crippen LogP contribution in [-0.4, -0.2) is 15.6 Å². The van der Waals surface area contributed by atoms with Crippen LogP contribution in [0.25, 0.3) is 10.9 Å². The molecular weight excluding hydrogens is 226 g/mol. The topological polar surface area (TPSA) is 42.2 Å². The van der Waals surface area contributed by atoms with Crippen LogP contribution in [0.4, 0.5) is 0 Å². The van der Waals surface area contributed by atoms with Gasteiger partial charge in [0, 0.05) is 17.4 Å². The molecule has 0 saturated carbocycles. The highest BCUT2D eigenvalue weighted by molar-refractivity contribution is 5.94. The number of aromatic nitrogens is 1. The molecule has 0 saturated heterocycles. The molecule has 18 heavy (non-hydrogen) atoms. The van der Waals surface area contributed by atoms with Crippen molar-refractivity contribution in [3.63, 3.8) is 0 Å². The lowest BCUT2D eigenvalue weighted by atomic mass is 10.1. The molecule has 1 N–H and O–H groups in total. The van der Waals surface area contributed by atoms with Crippen molar-refractivity contribution in [1.29, 1.82) is 0 Å². The van der Waals surface area contributed by atoms with Gasteiger partial charge in [-0.05, 0) is 24.5 Å². The second-order valence-corrected chi connectivity index (χ2v) is 4.90. The molecule has 0 aliphatic rings. The number of carboxylic acids is 1. The number of rotatable bonds is 5. The standard InChI is InChI=1S/C15H19NO2/c1-3-6-11(2)10-16-13-8-5-4-7-12(13)9-14(16)15(17)18/h4-5,7-9,11H,3,6,10H2,1-2H3,(H,17,18). The van der Waals surface area contributed by atoms with Crippen LogP contribution in [0.5, 0.6) is 0 Å². The van der Waals surface area contributed by atoms with Crippen molar-refractivity contribution in [2.45, 2.75) is 33.2 Å². The van der Waals surface area contributed by atoms with Gasteiger partial charge >= 0.3 is 5.97 Å². The number of hydrogen-bond donors (Lipinski definition) is 1. The van der Waals surface area contributed by atoms with Gasteiger partial charge in [0.05, 0.1) is 0 Å². The lowest BCUT2D eigenvalue weighted by molar-refractivity contribution is 0.0684. The molecule has 1 aromatic heterocycles. The molecule has 1 aromatic carbocycles. The maximum atomic E-state index is 11.3. The molecule has 1 heterocycles. The van der Waals surface area contributed by atoms with Gasteiger partial charge in [-0.15, -0.1) is 0 Å². The lowest BCUT2D eigenvalue weighted by Crippen LogP contribution is -2.13. The second kappa shape index (κ2) is 5.25. The van der Waals surface area contributed by atoms with Crippen molar-refractivity contribution in [1.82, 2.24) is 4.57 Å². The molecular formula is C15H19NO2. The van der Waals surface area contributed by atoms with E-state index in [1.54, 1.807) is 6.07 Å². The molecule has 0 fully saturated rings. The Kier molecular flexibility index (Phi) is 3.70. The van der Waals surface area contributed by atoms with Crippen LogP contribution >= 0.6 is 0 Å². The second-order valence-electron chi connectivity index (χ2n) is 4.90. The summed E-state index contributed by atoms with van der Waals surface area (Å²) in [5.74, 6) is -0.362. The maximum Gasteiger partial charge on any atom is 0.352 e. The summed E-state index contributed by atoms with van der Waals surface area (Å²) in [4.78, 5) is 11.3. The minimum atomic E-state index is -0.852. The maximum absolute atomic E-state index is 11.3. The highest BCUT2D eigenvalue weighted by atomic mass is 16.4. The van der Waals surface area contributed by atoms with Crippen LogP contribution in [0.1, 0.15) is 37.2 Å². The van der Waals surface area contributed by atoms with E-state index in [1.165, 1.54) is 0 Å². The summed E-state index contributed by atoms with van der Waals surface area (Å²) in [6.07, 6.45) is 2.24. The predicted octanol–water partition coefficient (Wildman–Crippen LogP) is 3.78. The quantitative estimate of drug-likeness (QED) is 0.871. The Labute approximate surface area is 107 Å². The van der Waals surface area contributed by atoms with Crippen LogP contribution in [-0.2, 0) is 6.54 Å². The number of aromatic carboxylic acids is 1. The van der Waals surface area contributed by atoms with Crippen molar-refractivity contribution in [2.75, 3.05) is 0 Å². The Morgan fingerprint density at radius 1 is 1.39 bits per heavy atom. The van der Waals surface area contributed by atoms with E-state index >= 15 is 0 Å². The molecule has 2 rings (SSSR count). The summed E-state index contributed by atoms with van der Waals surface area (Å²) >= 11 is 0. The van der Waals surface area contributed by atoms with Gasteiger partial charge in [0.2, 0.25) is 0 Å². The summed E-state index contributed by atoms with van der Waals surface area (Å²) in [5, 5.41) is 10.3. The summed E-state index contributed by atoms with van der Waals surface area (Å²) in [7, 11) is 0. The lowest BCUT2D eigenvalue weighted by Gasteiger charge is -2.14. The Bertz CT molecular complexity index is 557. The average molecular weight is 245 g/mol. The van der Waals surface area contributed by atoms with Gasteiger partial charge in [0.25, 0.3) is 0 Å². The van der Waals surface area contributed by atoms with Crippen LogP contribution in [0.3, 0.4) is 0 Å². The van der Waals surface area contributed by atoms with E-state index in [4.69, 9.17) is 0 Å². The van der Waals surface area contributed by atoms with E-state index in [1.807, 2.05) is 28.8 Å². The fraction of sp³-hybridized carbons (Fsp3) is 0.400. The molecule has 1 unspecified atom stereocenters. The number of carboxylic acid groups (broad SMARTS) is 1. The molecule has 0 aliphatic heterocycles. The average Bonchev–Trinajstić information content (AvgIpc) is 2.69. The zero-order valence-electron chi connectivity index (χ0n) is 10.9. The van der Waals surface area contributed by atoms with Crippen LogP contribution in [0.15, 0.2) is 30.3 Å². The Morgan fingerprint density at radius 2 is 2.11 bits per heavy atom. The zero-order chi connectivity index (χ0) is 13.1. The largest absolute Gasteiger partial charge is 0.477 e. The number of fused-ring (bicyclic) bond motifs is 1. The molecule has 3 heteroatoms. The van der Waals surface area contributed by atoms with Gasteiger partial charge in [-0.25, -0.2) is 4.79 Å². The van der Waals surface area contributed by atoms with Crippen molar-refractivity contribution >= 4 is 16.9 Å². The number of nitrogens with zero attached hydrogens (tertiary/aromatic N) is 1. The van der Waals surface area contributed by atoms with E-state index in [2.05, 4.69) is 13.8 Å². The van der Waals surface area contributed by atoms with E-state index in [0.29, 0.717) is 11.6 Å². The van der Waals surface area contributed by atoms with Crippen molar-refractivity contribution in [3.8, 4) is 0 Å². The molecule has 2 aromatic rings. The Hall–Kier alpha value is -1.77. The number of carbonyl (C=O) groups is 1. The van der Waals surface area contributed by atoms with Gasteiger partial charge in [-0.1, -0.05) is 38.5 Å². The number of para-hydroxylation sites is 1. The van der Waals surface area contributed by atoms with Crippen molar-refractivity contribution in [3.05, 3.63) is 36.0 Å². The highest BCUT2D eigenvalue weighted by Crippen LogP contribution is 2.22. The predicted molar refractivity (Wildman–Crippen MR) is 73.0 cm³/mol. The van der Waals surface area contributed by atoms with E-state index < -0.39 is 5.97 Å². The number of benzene rings is 1. The summed E-state index contributed by atoms with van der Waals surface area (Å²) in [5.41, 5.74) is 1.40. The summed E-state index contributed by atoms with van der Waals surface area (Å²) in [6.45, 7) is 5.09. The van der Waals surface area contributed by atoms with E-state index in [0.717, 1.165) is 30.3 Å². The fourth-order valence-electron chi connectivity index (χ4n) is 2.48. The van der Waals surface area contributed by atoms with Crippen LogP contribution < -0.4 is 0 Å². The highest BCUT2D eigenvalue weighted by Gasteiger charge is 2.15. The summed E-state index contributed by atoms with van der Waals surface area (Å²) < 4.78 is 1.93. The van der Waals surface area contributed by atoms with E-state index in [9.17, 15) is 9.90 Å². The first-order valence-electron chi connectivity index (χ1n) is 6.45. The first-order valence-corrected chi connectivity index (χ1v) is 6.45. The first kappa shape index (κ1) is 12.7. The molecule has 96 valence electrons. The third-order valence-electron chi connectivity index (χ3n) is 3.31. The molecule has 0 radical (unpaired) electrons. The minimum absolute atomic E-state index is 0.388. The third kappa shape index (κ3) is 2.40. The van der Waals surface area contributed by atoms with E-state index in [-0.39, 0.29) is 0 Å². The Balaban J connectivity index is 2.45. The smallest absolute Gasteiger partial charge is 0.352 e. The van der Waals surface area contributed by atoms with Gasteiger partial charge in [-0.3, -0.25) is 0 Å². The zero-order valence-corrected chi connectivity index (χ0v) is 10.9. The summed E-state index contributed by atoms with van der Waals surface area (Å²) in [6, 6.07) is 9.60. The molecule has 1 atom stereocenters. The SMILES string of the molecule is CCCC(C)Cn1c(C(=O)O)cc2ccccc21. The van der Waals surface area contributed by atoms with Crippen molar-refractivity contribution in [2.24, 2.45) is 5.92 Å². The van der Waals surface area contributed by atoms with Crippen molar-refractivity contribution < 1.29 is 9.90 Å². The monoisotopic (exact) mass is 245 g/mol. The molecule has 0 bridgehead atoms. The van der Waals surface area contributed by atoms with Gasteiger partial charge < -0.3 is 9.67 Å². The Morgan fingerprint density at radius 3 is 2.78 bits per heavy atom. The minimum Gasteiger partial charge on any atom is -0.477 e. The number of hydrogen-bond acceptors (Lipinski definition) is 1. The van der Waals surface area contributed by atoms with Gasteiger partial charge in [0.15, 0.2) is 0 Å². The fourth-order valence-corrected chi connectivity index (χ4v) is 2.48. The van der Waals surface area contributed by atoms with Gasteiger partial charge in [0.1, 0.15) is 5.69 Å². The normalized spacial score (nSPS) is 12.8. The molecule has 0 aliphatic carbocycles.